The molecule has 0 aliphatic carbocycles. The lowest BCUT2D eigenvalue weighted by Crippen LogP contribution is -1.98. The maximum Gasteiger partial charge on any atom is 0.162 e. The molecule has 106 valence electrons. The minimum absolute atomic E-state index is 0.440. The van der Waals surface area contributed by atoms with Gasteiger partial charge in [0.25, 0.3) is 0 Å². The van der Waals surface area contributed by atoms with Crippen molar-refractivity contribution in [3.63, 3.8) is 0 Å². The molecular formula is C13H11BrClIN2O2. The lowest BCUT2D eigenvalue weighted by molar-refractivity contribution is 0.355. The average molecular weight is 470 g/mol. The fraction of sp³-hybridized carbons (Fsp3) is 0.231. The summed E-state index contributed by atoms with van der Waals surface area (Å²) < 4.78 is 12.2. The summed E-state index contributed by atoms with van der Waals surface area (Å²) in [5, 5.41) is 0.440. The van der Waals surface area contributed by atoms with Gasteiger partial charge in [0.15, 0.2) is 17.3 Å². The molecule has 1 aromatic heterocycles. The van der Waals surface area contributed by atoms with Crippen LogP contribution < -0.4 is 9.47 Å². The van der Waals surface area contributed by atoms with E-state index in [1.54, 1.807) is 14.2 Å². The molecule has 1 heterocycles. The SMILES string of the molecule is COc1cc(Br)c(-c2nc(C)c(I)c(Cl)n2)cc1OC. The number of hydrogen-bond donors (Lipinski definition) is 0. The Labute approximate surface area is 144 Å². The van der Waals surface area contributed by atoms with Crippen LogP contribution in [0.25, 0.3) is 11.4 Å². The molecule has 0 spiro atoms. The molecule has 0 fully saturated rings. The number of hydrogen-bond acceptors (Lipinski definition) is 4. The first-order valence-electron chi connectivity index (χ1n) is 5.59. The summed E-state index contributed by atoms with van der Waals surface area (Å²) in [6.45, 7) is 1.90. The molecule has 2 rings (SSSR count). The van der Waals surface area contributed by atoms with Crippen molar-refractivity contribution >= 4 is 50.1 Å². The van der Waals surface area contributed by atoms with Crippen LogP contribution in [-0.2, 0) is 0 Å². The van der Waals surface area contributed by atoms with Gasteiger partial charge in [-0.1, -0.05) is 11.6 Å². The van der Waals surface area contributed by atoms with E-state index in [0.717, 1.165) is 19.3 Å². The Morgan fingerprint density at radius 1 is 1.15 bits per heavy atom. The number of aryl methyl sites for hydroxylation is 1. The average Bonchev–Trinajstić information content (AvgIpc) is 2.43. The molecule has 7 heteroatoms. The first kappa shape index (κ1) is 15.8. The van der Waals surface area contributed by atoms with Crippen molar-refractivity contribution in [1.29, 1.82) is 0 Å². The lowest BCUT2D eigenvalue weighted by Gasteiger charge is -2.12. The second-order valence-electron chi connectivity index (χ2n) is 3.92. The zero-order chi connectivity index (χ0) is 14.9. The molecule has 0 aliphatic rings. The number of rotatable bonds is 3. The van der Waals surface area contributed by atoms with E-state index in [1.807, 2.05) is 19.1 Å². The third kappa shape index (κ3) is 3.01. The molecule has 0 radical (unpaired) electrons. The van der Waals surface area contributed by atoms with Gasteiger partial charge < -0.3 is 9.47 Å². The first-order chi connectivity index (χ1) is 9.47. The topological polar surface area (TPSA) is 44.2 Å². The van der Waals surface area contributed by atoms with Crippen LogP contribution in [0.4, 0.5) is 0 Å². The first-order valence-corrected chi connectivity index (χ1v) is 7.84. The van der Waals surface area contributed by atoms with Gasteiger partial charge in [-0.3, -0.25) is 0 Å². The number of ether oxygens (including phenoxy) is 2. The predicted molar refractivity (Wildman–Crippen MR) is 90.7 cm³/mol. The van der Waals surface area contributed by atoms with E-state index >= 15 is 0 Å². The molecule has 0 N–H and O–H groups in total. The van der Waals surface area contributed by atoms with E-state index in [4.69, 9.17) is 21.1 Å². The fourth-order valence-corrected chi connectivity index (χ4v) is 2.63. The zero-order valence-corrected chi connectivity index (χ0v) is 15.5. The van der Waals surface area contributed by atoms with Gasteiger partial charge in [-0.15, -0.1) is 0 Å². The number of benzene rings is 1. The molecule has 20 heavy (non-hydrogen) atoms. The van der Waals surface area contributed by atoms with Crippen LogP contribution in [0.15, 0.2) is 16.6 Å². The smallest absolute Gasteiger partial charge is 0.162 e. The molecule has 0 unspecified atom stereocenters. The summed E-state index contributed by atoms with van der Waals surface area (Å²) in [4.78, 5) is 8.78. The molecule has 0 aliphatic heterocycles. The molecule has 2 aromatic rings. The predicted octanol–water partition coefficient (Wildman–Crippen LogP) is 4.49. The van der Waals surface area contributed by atoms with Crippen molar-refractivity contribution in [3.8, 4) is 22.9 Å². The Hall–Kier alpha value is -0.600. The molecule has 0 bridgehead atoms. The number of nitrogens with zero attached hydrogens (tertiary/aromatic N) is 2. The van der Waals surface area contributed by atoms with Crippen molar-refractivity contribution < 1.29 is 9.47 Å². The van der Waals surface area contributed by atoms with Crippen LogP contribution in [0.5, 0.6) is 11.5 Å². The van der Waals surface area contributed by atoms with Gasteiger partial charge in [0, 0.05) is 10.0 Å². The standard InChI is InChI=1S/C13H11BrClIN2O2/c1-6-11(16)12(15)18-13(17-6)7-4-9(19-2)10(20-3)5-8(7)14/h4-5H,1-3H3. The van der Waals surface area contributed by atoms with Crippen molar-refractivity contribution in [2.24, 2.45) is 0 Å². The van der Waals surface area contributed by atoms with Gasteiger partial charge in [-0.2, -0.15) is 0 Å². The molecule has 1 aromatic carbocycles. The van der Waals surface area contributed by atoms with E-state index in [2.05, 4.69) is 48.5 Å². The molecule has 0 amide bonds. The molecule has 4 nitrogen and oxygen atoms in total. The third-order valence-electron chi connectivity index (χ3n) is 2.69. The van der Waals surface area contributed by atoms with Gasteiger partial charge in [-0.05, 0) is 57.6 Å². The van der Waals surface area contributed by atoms with E-state index in [9.17, 15) is 0 Å². The summed E-state index contributed by atoms with van der Waals surface area (Å²) in [6.07, 6.45) is 0. The minimum atomic E-state index is 0.440. The van der Waals surface area contributed by atoms with Crippen molar-refractivity contribution in [3.05, 3.63) is 31.0 Å². The Morgan fingerprint density at radius 2 is 1.75 bits per heavy atom. The number of aromatic nitrogens is 2. The zero-order valence-electron chi connectivity index (χ0n) is 11.0. The van der Waals surface area contributed by atoms with E-state index < -0.39 is 0 Å². The second kappa shape index (κ2) is 6.44. The Morgan fingerprint density at radius 3 is 2.30 bits per heavy atom. The van der Waals surface area contributed by atoms with E-state index in [-0.39, 0.29) is 0 Å². The van der Waals surface area contributed by atoms with Crippen LogP contribution in [0.2, 0.25) is 5.15 Å². The maximum absolute atomic E-state index is 6.12. The molecule has 0 saturated heterocycles. The normalized spacial score (nSPS) is 10.5. The van der Waals surface area contributed by atoms with Gasteiger partial charge in [0.05, 0.1) is 23.5 Å². The molecule has 0 saturated carbocycles. The largest absolute Gasteiger partial charge is 0.493 e. The van der Waals surface area contributed by atoms with Crippen molar-refractivity contribution in [1.82, 2.24) is 9.97 Å². The van der Waals surface area contributed by atoms with Crippen molar-refractivity contribution in [2.75, 3.05) is 14.2 Å². The highest BCUT2D eigenvalue weighted by Crippen LogP contribution is 2.38. The monoisotopic (exact) mass is 468 g/mol. The lowest BCUT2D eigenvalue weighted by atomic mass is 10.2. The summed E-state index contributed by atoms with van der Waals surface area (Å²) in [6, 6.07) is 3.64. The molecule has 0 atom stereocenters. The van der Waals surface area contributed by atoms with Crippen LogP contribution in [0.3, 0.4) is 0 Å². The second-order valence-corrected chi connectivity index (χ2v) is 6.22. The van der Waals surface area contributed by atoms with Crippen LogP contribution in [0.1, 0.15) is 5.69 Å². The van der Waals surface area contributed by atoms with E-state index in [1.165, 1.54) is 0 Å². The highest BCUT2D eigenvalue weighted by Gasteiger charge is 2.15. The Balaban J connectivity index is 2.63. The quantitative estimate of drug-likeness (QED) is 0.491. The van der Waals surface area contributed by atoms with Gasteiger partial charge in [0.1, 0.15) is 5.15 Å². The summed E-state index contributed by atoms with van der Waals surface area (Å²) in [7, 11) is 3.18. The Kier molecular flexibility index (Phi) is 5.09. The van der Waals surface area contributed by atoms with Crippen molar-refractivity contribution in [2.45, 2.75) is 6.92 Å². The Bertz CT molecular complexity index is 644. The van der Waals surface area contributed by atoms with E-state index in [0.29, 0.717) is 22.5 Å². The highest BCUT2D eigenvalue weighted by atomic mass is 127. The van der Waals surface area contributed by atoms with Crippen LogP contribution in [-0.4, -0.2) is 24.2 Å². The van der Waals surface area contributed by atoms with Gasteiger partial charge in [-0.25, -0.2) is 9.97 Å². The fourth-order valence-electron chi connectivity index (χ4n) is 1.67. The summed E-state index contributed by atoms with van der Waals surface area (Å²) in [5.74, 6) is 1.79. The summed E-state index contributed by atoms with van der Waals surface area (Å²) in [5.41, 5.74) is 1.63. The minimum Gasteiger partial charge on any atom is -0.493 e. The molecular weight excluding hydrogens is 458 g/mol. The number of methoxy groups -OCH3 is 2. The summed E-state index contributed by atoms with van der Waals surface area (Å²) >= 11 is 11.7. The van der Waals surface area contributed by atoms with Crippen LogP contribution in [0, 0.1) is 10.5 Å². The third-order valence-corrected chi connectivity index (χ3v) is 5.23. The van der Waals surface area contributed by atoms with Gasteiger partial charge in [0.2, 0.25) is 0 Å². The van der Waals surface area contributed by atoms with Gasteiger partial charge >= 0.3 is 0 Å². The highest BCUT2D eigenvalue weighted by molar-refractivity contribution is 14.1. The maximum atomic E-state index is 6.12. The number of halogens is 3. The van der Waals surface area contributed by atoms with Crippen LogP contribution >= 0.6 is 50.1 Å².